The molecule has 1 aliphatic carbocycles. The Hall–Kier alpha value is -2.02. The van der Waals surface area contributed by atoms with E-state index in [1.54, 1.807) is 11.0 Å². The van der Waals surface area contributed by atoms with Crippen molar-refractivity contribution in [2.75, 3.05) is 29.5 Å². The summed E-state index contributed by atoms with van der Waals surface area (Å²) in [4.78, 5) is 37.2. The quantitative estimate of drug-likeness (QED) is 0.829. The highest BCUT2D eigenvalue weighted by Gasteiger charge is 2.29. The maximum absolute atomic E-state index is 12.1. The van der Waals surface area contributed by atoms with Gasteiger partial charge in [0.2, 0.25) is 11.8 Å². The zero-order valence-electron chi connectivity index (χ0n) is 13.6. The zero-order chi connectivity index (χ0) is 17.1. The van der Waals surface area contributed by atoms with Gasteiger partial charge >= 0.3 is 0 Å². The van der Waals surface area contributed by atoms with Gasteiger partial charge in [0.15, 0.2) is 0 Å². The van der Waals surface area contributed by atoms with Crippen LogP contribution in [0.2, 0.25) is 0 Å². The molecule has 1 aliphatic heterocycles. The van der Waals surface area contributed by atoms with E-state index < -0.39 is 0 Å². The van der Waals surface area contributed by atoms with E-state index >= 15 is 0 Å². The molecule has 6 nitrogen and oxygen atoms in total. The molecule has 2 N–H and O–H groups in total. The molecule has 128 valence electrons. The number of aryl methyl sites for hydroxylation is 1. The first-order chi connectivity index (χ1) is 11.5. The predicted molar refractivity (Wildman–Crippen MR) is 95.2 cm³/mol. The first kappa shape index (κ1) is 16.8. The van der Waals surface area contributed by atoms with Crippen LogP contribution in [0.1, 0.15) is 24.8 Å². The molecule has 0 unspecified atom stereocenters. The predicted octanol–water partition coefficient (Wildman–Crippen LogP) is 2.84. The number of rotatable bonds is 6. The standard InChI is InChI=1S/C17H21N3O3S/c1-11-2-5-13(18-16(22)12-3-4-12)10-14(11)19-15(21)6-7-20-8-9-24-17(20)23/h2,5,10,12H,3-4,6-9H2,1H3,(H,18,22)(H,19,21). The van der Waals surface area contributed by atoms with Gasteiger partial charge in [0.1, 0.15) is 0 Å². The lowest BCUT2D eigenvalue weighted by Gasteiger charge is -2.15. The summed E-state index contributed by atoms with van der Waals surface area (Å²) in [6.07, 6.45) is 2.17. The van der Waals surface area contributed by atoms with Gasteiger partial charge in [-0.05, 0) is 37.5 Å². The average molecular weight is 347 g/mol. The maximum atomic E-state index is 12.1. The van der Waals surface area contributed by atoms with E-state index in [0.29, 0.717) is 24.5 Å². The van der Waals surface area contributed by atoms with Gasteiger partial charge in [0, 0.05) is 42.6 Å². The van der Waals surface area contributed by atoms with Gasteiger partial charge in [-0.15, -0.1) is 0 Å². The number of hydrogen-bond acceptors (Lipinski definition) is 4. The van der Waals surface area contributed by atoms with Crippen molar-refractivity contribution in [3.05, 3.63) is 23.8 Å². The van der Waals surface area contributed by atoms with E-state index in [1.165, 1.54) is 11.8 Å². The van der Waals surface area contributed by atoms with Crippen molar-refractivity contribution < 1.29 is 14.4 Å². The Labute approximate surface area is 145 Å². The molecule has 2 fully saturated rings. The normalized spacial score (nSPS) is 17.0. The van der Waals surface area contributed by atoms with Crippen LogP contribution in [-0.4, -0.2) is 40.8 Å². The second-order valence-electron chi connectivity index (χ2n) is 6.19. The molecular weight excluding hydrogens is 326 g/mol. The van der Waals surface area contributed by atoms with Gasteiger partial charge in [0.25, 0.3) is 5.24 Å². The zero-order valence-corrected chi connectivity index (χ0v) is 14.4. The largest absolute Gasteiger partial charge is 0.332 e. The van der Waals surface area contributed by atoms with Gasteiger partial charge in [-0.25, -0.2) is 0 Å². The van der Waals surface area contributed by atoms with Crippen molar-refractivity contribution >= 4 is 40.2 Å². The minimum Gasteiger partial charge on any atom is -0.332 e. The number of nitrogens with zero attached hydrogens (tertiary/aromatic N) is 1. The topological polar surface area (TPSA) is 78.5 Å². The first-order valence-electron chi connectivity index (χ1n) is 8.16. The molecule has 1 saturated carbocycles. The second kappa shape index (κ2) is 7.25. The van der Waals surface area contributed by atoms with Crippen LogP contribution in [0.15, 0.2) is 18.2 Å². The molecule has 0 spiro atoms. The van der Waals surface area contributed by atoms with Crippen LogP contribution in [0.5, 0.6) is 0 Å². The molecule has 24 heavy (non-hydrogen) atoms. The Morgan fingerprint density at radius 3 is 2.75 bits per heavy atom. The highest BCUT2D eigenvalue weighted by molar-refractivity contribution is 8.13. The fourth-order valence-corrected chi connectivity index (χ4v) is 3.35. The SMILES string of the molecule is Cc1ccc(NC(=O)C2CC2)cc1NC(=O)CCN1CCSC1=O. The number of amides is 3. The van der Waals surface area contributed by atoms with Crippen LogP contribution in [0.3, 0.4) is 0 Å². The number of anilines is 2. The lowest BCUT2D eigenvalue weighted by Crippen LogP contribution is -2.27. The number of nitrogens with one attached hydrogen (secondary N) is 2. The minimum absolute atomic E-state index is 0.0428. The second-order valence-corrected chi connectivity index (χ2v) is 7.24. The highest BCUT2D eigenvalue weighted by Crippen LogP contribution is 2.30. The Morgan fingerprint density at radius 2 is 2.08 bits per heavy atom. The van der Waals surface area contributed by atoms with E-state index in [0.717, 1.165) is 24.2 Å². The fraction of sp³-hybridized carbons (Fsp3) is 0.471. The van der Waals surface area contributed by atoms with Gasteiger partial charge < -0.3 is 15.5 Å². The molecule has 0 aromatic heterocycles. The molecule has 1 heterocycles. The molecule has 1 aromatic rings. The number of hydrogen-bond donors (Lipinski definition) is 2. The summed E-state index contributed by atoms with van der Waals surface area (Å²) >= 11 is 1.29. The number of thioether (sulfide) groups is 1. The third-order valence-corrected chi connectivity index (χ3v) is 5.07. The maximum Gasteiger partial charge on any atom is 0.281 e. The van der Waals surface area contributed by atoms with Crippen LogP contribution in [0, 0.1) is 12.8 Å². The van der Waals surface area contributed by atoms with Crippen molar-refractivity contribution in [1.29, 1.82) is 0 Å². The van der Waals surface area contributed by atoms with E-state index in [2.05, 4.69) is 10.6 Å². The number of benzene rings is 1. The van der Waals surface area contributed by atoms with Crippen molar-refractivity contribution in [1.82, 2.24) is 4.90 Å². The Kier molecular flexibility index (Phi) is 5.08. The van der Waals surface area contributed by atoms with E-state index in [4.69, 9.17) is 0 Å². The van der Waals surface area contributed by atoms with Crippen molar-refractivity contribution in [3.63, 3.8) is 0 Å². The first-order valence-corrected chi connectivity index (χ1v) is 9.14. The molecule has 1 aromatic carbocycles. The van der Waals surface area contributed by atoms with Crippen LogP contribution < -0.4 is 10.6 Å². The van der Waals surface area contributed by atoms with Crippen LogP contribution >= 0.6 is 11.8 Å². The summed E-state index contributed by atoms with van der Waals surface area (Å²) in [7, 11) is 0. The van der Waals surface area contributed by atoms with Crippen LogP contribution in [0.25, 0.3) is 0 Å². The summed E-state index contributed by atoms with van der Waals surface area (Å²) in [5.74, 6) is 0.845. The van der Waals surface area contributed by atoms with E-state index in [9.17, 15) is 14.4 Å². The summed E-state index contributed by atoms with van der Waals surface area (Å²) in [5, 5.41) is 5.80. The third-order valence-electron chi connectivity index (χ3n) is 4.18. The summed E-state index contributed by atoms with van der Waals surface area (Å²) < 4.78 is 0. The Balaban J connectivity index is 1.55. The average Bonchev–Trinajstić information content (AvgIpc) is 3.32. The smallest absolute Gasteiger partial charge is 0.281 e. The molecule has 7 heteroatoms. The lowest BCUT2D eigenvalue weighted by molar-refractivity contribution is -0.117. The van der Waals surface area contributed by atoms with Crippen LogP contribution in [-0.2, 0) is 9.59 Å². The van der Waals surface area contributed by atoms with Gasteiger partial charge in [-0.2, -0.15) is 0 Å². The molecule has 2 aliphatic rings. The summed E-state index contributed by atoms with van der Waals surface area (Å²) in [6, 6.07) is 5.49. The van der Waals surface area contributed by atoms with E-state index in [1.807, 2.05) is 19.1 Å². The third kappa shape index (κ3) is 4.29. The summed E-state index contributed by atoms with van der Waals surface area (Å²) in [5.41, 5.74) is 2.32. The molecule has 3 amide bonds. The Bertz CT molecular complexity index is 673. The minimum atomic E-state index is -0.131. The molecule has 0 bridgehead atoms. The molecular formula is C17H21N3O3S. The van der Waals surface area contributed by atoms with Gasteiger partial charge in [-0.3, -0.25) is 14.4 Å². The summed E-state index contributed by atoms with van der Waals surface area (Å²) in [6.45, 7) is 3.05. The van der Waals surface area contributed by atoms with Crippen LogP contribution in [0.4, 0.5) is 16.2 Å². The monoisotopic (exact) mass is 347 g/mol. The van der Waals surface area contributed by atoms with Crippen molar-refractivity contribution in [2.24, 2.45) is 5.92 Å². The molecule has 1 saturated heterocycles. The number of carbonyl (C=O) groups excluding carboxylic acids is 3. The van der Waals surface area contributed by atoms with Crippen molar-refractivity contribution in [2.45, 2.75) is 26.2 Å². The van der Waals surface area contributed by atoms with Crippen molar-refractivity contribution in [3.8, 4) is 0 Å². The molecule has 0 radical (unpaired) electrons. The fourth-order valence-electron chi connectivity index (χ4n) is 2.50. The Morgan fingerprint density at radius 1 is 1.29 bits per heavy atom. The van der Waals surface area contributed by atoms with E-state index in [-0.39, 0.29) is 29.4 Å². The molecule has 0 atom stereocenters. The number of carbonyl (C=O) groups is 3. The lowest BCUT2D eigenvalue weighted by atomic mass is 10.1. The van der Waals surface area contributed by atoms with Gasteiger partial charge in [-0.1, -0.05) is 17.8 Å². The highest BCUT2D eigenvalue weighted by atomic mass is 32.2. The molecule has 3 rings (SSSR count). The van der Waals surface area contributed by atoms with Gasteiger partial charge in [0.05, 0.1) is 0 Å².